The lowest BCUT2D eigenvalue weighted by atomic mass is 10.2. The van der Waals surface area contributed by atoms with Crippen molar-refractivity contribution >= 4 is 35.1 Å². The Balaban J connectivity index is 1.62. The summed E-state index contributed by atoms with van der Waals surface area (Å²) >= 11 is 6.80. The zero-order valence-electron chi connectivity index (χ0n) is 15.3. The van der Waals surface area contributed by atoms with Crippen molar-refractivity contribution in [2.24, 2.45) is 0 Å². The number of nitrogens with one attached hydrogen (secondary N) is 2. The maximum atomic E-state index is 14.2. The molecular weight excluding hydrogens is 415 g/mol. The molecule has 29 heavy (non-hydrogen) atoms. The van der Waals surface area contributed by atoms with Gasteiger partial charge in [0, 0.05) is 5.69 Å². The number of aryl methyl sites for hydroxylation is 1. The first-order chi connectivity index (χ1) is 14.0. The highest BCUT2D eigenvalue weighted by Crippen LogP contribution is 2.26. The van der Waals surface area contributed by atoms with Gasteiger partial charge in [0.1, 0.15) is 17.5 Å². The van der Waals surface area contributed by atoms with Crippen LogP contribution < -0.4 is 5.32 Å². The Labute approximate surface area is 173 Å². The van der Waals surface area contributed by atoms with Crippen molar-refractivity contribution in [2.45, 2.75) is 19.9 Å². The lowest BCUT2D eigenvalue weighted by molar-refractivity contribution is -0.118. The number of carbonyl (C=O) groups is 1. The maximum Gasteiger partial charge on any atom is 0.247 e. The van der Waals surface area contributed by atoms with Crippen LogP contribution in [0.1, 0.15) is 18.8 Å². The van der Waals surface area contributed by atoms with Crippen molar-refractivity contribution in [3.63, 3.8) is 0 Å². The molecule has 1 amide bonds. The molecule has 0 fully saturated rings. The molecule has 12 heteroatoms. The highest BCUT2D eigenvalue weighted by Gasteiger charge is 2.22. The molecular formula is C17H15FN8OS2. The number of tetrazole rings is 1. The Bertz CT molecular complexity index is 1230. The third kappa shape index (κ3) is 3.59. The first-order valence-corrected chi connectivity index (χ1v) is 9.81. The number of aromatic amines is 1. The van der Waals surface area contributed by atoms with E-state index in [4.69, 9.17) is 12.2 Å². The molecule has 4 rings (SSSR count). The molecule has 1 aromatic carbocycles. The van der Waals surface area contributed by atoms with Crippen LogP contribution in [0.25, 0.3) is 16.4 Å². The van der Waals surface area contributed by atoms with Crippen molar-refractivity contribution in [3.8, 4) is 16.4 Å². The van der Waals surface area contributed by atoms with Gasteiger partial charge in [0.15, 0.2) is 16.4 Å². The highest BCUT2D eigenvalue weighted by molar-refractivity contribution is 7.71. The molecule has 0 saturated carbocycles. The topological polar surface area (TPSA) is 106 Å². The summed E-state index contributed by atoms with van der Waals surface area (Å²) in [6.07, 6.45) is 0. The Hall–Kier alpha value is -3.25. The number of rotatable bonds is 5. The quantitative estimate of drug-likeness (QED) is 0.471. The lowest BCUT2D eigenvalue weighted by Gasteiger charge is -2.16. The van der Waals surface area contributed by atoms with Gasteiger partial charge in [-0.05, 0) is 66.1 Å². The molecule has 2 N–H and O–H groups in total. The van der Waals surface area contributed by atoms with Crippen LogP contribution >= 0.6 is 23.6 Å². The Kier molecular flexibility index (Phi) is 5.03. The fourth-order valence-electron chi connectivity index (χ4n) is 2.81. The van der Waals surface area contributed by atoms with E-state index < -0.39 is 11.9 Å². The number of anilines is 1. The molecule has 0 radical (unpaired) electrons. The number of benzene rings is 1. The highest BCUT2D eigenvalue weighted by atomic mass is 32.1. The van der Waals surface area contributed by atoms with Gasteiger partial charge < -0.3 is 5.32 Å². The van der Waals surface area contributed by atoms with Crippen LogP contribution in [0.2, 0.25) is 0 Å². The van der Waals surface area contributed by atoms with E-state index >= 15 is 0 Å². The summed E-state index contributed by atoms with van der Waals surface area (Å²) in [7, 11) is 0. The number of thiophene rings is 1. The summed E-state index contributed by atoms with van der Waals surface area (Å²) in [4.78, 5) is 13.8. The molecule has 1 atom stereocenters. The fourth-order valence-corrected chi connectivity index (χ4v) is 3.82. The smallest absolute Gasteiger partial charge is 0.247 e. The Morgan fingerprint density at radius 2 is 2.21 bits per heavy atom. The minimum atomic E-state index is -0.651. The molecule has 3 aromatic heterocycles. The Morgan fingerprint density at radius 3 is 2.90 bits per heavy atom. The summed E-state index contributed by atoms with van der Waals surface area (Å²) in [5.41, 5.74) is 0.540. The number of hydrogen-bond acceptors (Lipinski definition) is 7. The van der Waals surface area contributed by atoms with E-state index in [1.54, 1.807) is 18.4 Å². The molecule has 0 aliphatic heterocycles. The average molecular weight is 430 g/mol. The normalized spacial score (nSPS) is 12.1. The molecule has 0 aliphatic rings. The molecule has 9 nitrogen and oxygen atoms in total. The van der Waals surface area contributed by atoms with Gasteiger partial charge in [-0.2, -0.15) is 9.78 Å². The first-order valence-electron chi connectivity index (χ1n) is 8.52. The summed E-state index contributed by atoms with van der Waals surface area (Å²) in [6, 6.07) is 7.33. The second-order valence-corrected chi connectivity index (χ2v) is 7.50. The third-order valence-electron chi connectivity index (χ3n) is 4.28. The maximum absolute atomic E-state index is 14.2. The average Bonchev–Trinajstić information content (AvgIpc) is 3.44. The number of amides is 1. The standard InChI is InChI=1S/C17H15FN8OS2/c1-9(25-15(21-22-17(25)28)14-4-3-7-29-14)16(27)19-11-5-6-12(18)13(8-11)26-10(2)20-23-24-26/h3-9H,1-2H3,(H,19,27)(H,22,28). The van der Waals surface area contributed by atoms with Crippen molar-refractivity contribution in [1.82, 2.24) is 35.0 Å². The molecule has 3 heterocycles. The monoisotopic (exact) mass is 430 g/mol. The fraction of sp³-hybridized carbons (Fsp3) is 0.176. The SMILES string of the molecule is Cc1nnnn1-c1cc(NC(=O)C(C)n2c(-c3cccs3)n[nH]c2=S)ccc1F. The van der Waals surface area contributed by atoms with Gasteiger partial charge in [-0.25, -0.2) is 4.39 Å². The largest absolute Gasteiger partial charge is 0.324 e. The summed E-state index contributed by atoms with van der Waals surface area (Å²) in [5.74, 6) is 0.164. The van der Waals surface area contributed by atoms with Gasteiger partial charge in [0.2, 0.25) is 5.91 Å². The minimum Gasteiger partial charge on any atom is -0.324 e. The summed E-state index contributed by atoms with van der Waals surface area (Å²) in [6.45, 7) is 3.37. The van der Waals surface area contributed by atoms with Crippen molar-refractivity contribution < 1.29 is 9.18 Å². The first kappa shape index (κ1) is 19.1. The second-order valence-electron chi connectivity index (χ2n) is 6.17. The van der Waals surface area contributed by atoms with E-state index in [1.165, 1.54) is 34.2 Å². The number of H-pyrrole nitrogens is 1. The van der Waals surface area contributed by atoms with Gasteiger partial charge >= 0.3 is 0 Å². The van der Waals surface area contributed by atoms with Crippen LogP contribution in [0.3, 0.4) is 0 Å². The van der Waals surface area contributed by atoms with Crippen LogP contribution in [0, 0.1) is 17.5 Å². The number of halogens is 1. The van der Waals surface area contributed by atoms with E-state index in [0.717, 1.165) is 4.88 Å². The van der Waals surface area contributed by atoms with Gasteiger partial charge in [-0.15, -0.1) is 16.4 Å². The van der Waals surface area contributed by atoms with Gasteiger partial charge in [-0.1, -0.05) is 6.07 Å². The van der Waals surface area contributed by atoms with Gasteiger partial charge in [0.25, 0.3) is 0 Å². The van der Waals surface area contributed by atoms with E-state index in [-0.39, 0.29) is 11.6 Å². The molecule has 1 unspecified atom stereocenters. The molecule has 0 saturated heterocycles. The van der Waals surface area contributed by atoms with E-state index in [1.807, 2.05) is 17.5 Å². The second kappa shape index (κ2) is 7.64. The predicted octanol–water partition coefficient (Wildman–Crippen LogP) is 3.29. The molecule has 0 aliphatic carbocycles. The van der Waals surface area contributed by atoms with Crippen LogP contribution in [-0.4, -0.2) is 40.9 Å². The molecule has 148 valence electrons. The summed E-state index contributed by atoms with van der Waals surface area (Å²) in [5, 5.41) is 22.7. The number of hydrogen-bond donors (Lipinski definition) is 2. The zero-order valence-corrected chi connectivity index (χ0v) is 17.0. The number of nitrogens with zero attached hydrogens (tertiary/aromatic N) is 6. The third-order valence-corrected chi connectivity index (χ3v) is 5.43. The Morgan fingerprint density at radius 1 is 1.38 bits per heavy atom. The van der Waals surface area contributed by atoms with Crippen LogP contribution in [0.15, 0.2) is 35.7 Å². The number of aromatic nitrogens is 7. The van der Waals surface area contributed by atoms with Crippen molar-refractivity contribution in [2.75, 3.05) is 5.32 Å². The molecule has 0 spiro atoms. The molecule has 4 aromatic rings. The number of carbonyl (C=O) groups excluding carboxylic acids is 1. The van der Waals surface area contributed by atoms with Gasteiger partial charge in [0.05, 0.1) is 4.88 Å². The van der Waals surface area contributed by atoms with Gasteiger partial charge in [-0.3, -0.25) is 14.5 Å². The van der Waals surface area contributed by atoms with E-state index in [2.05, 4.69) is 31.0 Å². The lowest BCUT2D eigenvalue weighted by Crippen LogP contribution is -2.24. The van der Waals surface area contributed by atoms with Crippen molar-refractivity contribution in [1.29, 1.82) is 0 Å². The van der Waals surface area contributed by atoms with Crippen LogP contribution in [0.4, 0.5) is 10.1 Å². The summed E-state index contributed by atoms with van der Waals surface area (Å²) < 4.78 is 17.5. The molecule has 0 bridgehead atoms. The van der Waals surface area contributed by atoms with Crippen molar-refractivity contribution in [3.05, 3.63) is 52.1 Å². The van der Waals surface area contributed by atoms with Crippen LogP contribution in [-0.2, 0) is 4.79 Å². The van der Waals surface area contributed by atoms with E-state index in [0.29, 0.717) is 22.1 Å². The van der Waals surface area contributed by atoms with E-state index in [9.17, 15) is 9.18 Å². The van der Waals surface area contributed by atoms with Crippen LogP contribution in [0.5, 0.6) is 0 Å². The zero-order chi connectivity index (χ0) is 20.5. The minimum absolute atomic E-state index is 0.136. The predicted molar refractivity (Wildman–Crippen MR) is 108 cm³/mol.